The molecule has 0 fully saturated rings. The number of rotatable bonds is 9. The molecule has 0 saturated heterocycles. The van der Waals surface area contributed by atoms with Crippen molar-refractivity contribution in [3.05, 3.63) is 15.3 Å². The van der Waals surface area contributed by atoms with Crippen LogP contribution in [0.2, 0.25) is 0 Å². The molecule has 0 unspecified atom stereocenters. The number of quaternary nitrogens is 1. The highest BCUT2D eigenvalue weighted by Gasteiger charge is 1.94. The summed E-state index contributed by atoms with van der Waals surface area (Å²) in [6, 6.07) is 0. The molecule has 0 saturated carbocycles. The van der Waals surface area contributed by atoms with Crippen molar-refractivity contribution >= 4 is 5.96 Å². The van der Waals surface area contributed by atoms with Crippen LogP contribution in [-0.2, 0) is 0 Å². The summed E-state index contributed by atoms with van der Waals surface area (Å²) in [5.74, 6) is 0.216. The molecule has 7 heteroatoms. The number of guanidine groups is 1. The highest BCUT2D eigenvalue weighted by atomic mass is 16.9. The molecule has 0 heterocycles. The molecule has 0 aromatic rings. The first-order chi connectivity index (χ1) is 8.50. The first-order valence-corrected chi connectivity index (χ1v) is 6.49. The topological polar surface area (TPSA) is 133 Å². The van der Waals surface area contributed by atoms with E-state index in [9.17, 15) is 0 Å². The molecule has 7 nitrogen and oxygen atoms in total. The standard InChI is InChI=1S/C11H25N3.NO3/c1-2-3-4-5-6-7-8-9-10-14-11(12)13;2-1(3)4/h2-10H2,1H3,(H4,12,13,14);/q;-1/p+1. The fourth-order valence-electron chi connectivity index (χ4n) is 1.54. The third-order valence-electron chi connectivity index (χ3n) is 2.42. The average Bonchev–Trinajstić information content (AvgIpc) is 2.26. The third kappa shape index (κ3) is 29.3. The molecular formula is C11H26N4O3. The van der Waals surface area contributed by atoms with Gasteiger partial charge in [0.15, 0.2) is 0 Å². The second-order valence-corrected chi connectivity index (χ2v) is 4.15. The smallest absolute Gasteiger partial charge is 0.288 e. The summed E-state index contributed by atoms with van der Waals surface area (Å²) >= 11 is 0. The normalized spacial score (nSPS) is 9.39. The summed E-state index contributed by atoms with van der Waals surface area (Å²) in [7, 11) is 0. The molecule has 0 aliphatic heterocycles. The van der Waals surface area contributed by atoms with E-state index in [4.69, 9.17) is 26.5 Å². The van der Waals surface area contributed by atoms with E-state index < -0.39 is 5.09 Å². The van der Waals surface area contributed by atoms with Gasteiger partial charge in [0.2, 0.25) is 0 Å². The molecule has 0 atom stereocenters. The van der Waals surface area contributed by atoms with Crippen molar-refractivity contribution < 1.29 is 10.4 Å². The molecule has 18 heavy (non-hydrogen) atoms. The zero-order valence-electron chi connectivity index (χ0n) is 11.2. The Bertz CT molecular complexity index is 208. The highest BCUT2D eigenvalue weighted by Crippen LogP contribution is 2.07. The molecule has 0 aliphatic carbocycles. The Hall–Kier alpha value is -1.37. The quantitative estimate of drug-likeness (QED) is 0.190. The van der Waals surface area contributed by atoms with Crippen LogP contribution >= 0.6 is 0 Å². The number of hydrogen-bond acceptors (Lipinski definition) is 4. The number of nitrogens with zero attached hydrogens (tertiary/aromatic N) is 1. The summed E-state index contributed by atoms with van der Waals surface area (Å²) in [6.45, 7) is 3.22. The van der Waals surface area contributed by atoms with Crippen LogP contribution in [0.5, 0.6) is 0 Å². The molecule has 5 N–H and O–H groups in total. The zero-order valence-corrected chi connectivity index (χ0v) is 11.2. The van der Waals surface area contributed by atoms with Gasteiger partial charge in [-0.05, 0) is 12.8 Å². The van der Waals surface area contributed by atoms with Gasteiger partial charge in [0.1, 0.15) is 0 Å². The van der Waals surface area contributed by atoms with Gasteiger partial charge >= 0.3 is 0 Å². The Balaban J connectivity index is 0. The van der Waals surface area contributed by atoms with E-state index >= 15 is 0 Å². The van der Waals surface area contributed by atoms with E-state index in [2.05, 4.69) is 6.92 Å². The maximum Gasteiger partial charge on any atom is 0.288 e. The van der Waals surface area contributed by atoms with E-state index in [0.717, 1.165) is 6.54 Å². The summed E-state index contributed by atoms with van der Waals surface area (Å²) in [4.78, 5) is 8.25. The zero-order chi connectivity index (χ0) is 14.2. The van der Waals surface area contributed by atoms with Gasteiger partial charge < -0.3 is 21.1 Å². The second-order valence-electron chi connectivity index (χ2n) is 4.15. The molecule has 0 amide bonds. The molecule has 0 rings (SSSR count). The predicted molar refractivity (Wildman–Crippen MR) is 71.7 cm³/mol. The molecule has 0 aromatic heterocycles. The monoisotopic (exact) mass is 262 g/mol. The van der Waals surface area contributed by atoms with Crippen molar-refractivity contribution in [2.75, 3.05) is 6.54 Å². The van der Waals surface area contributed by atoms with Crippen molar-refractivity contribution in [1.82, 2.24) is 0 Å². The maximum atomic E-state index is 8.25. The Kier molecular flexibility index (Phi) is 16.5. The molecule has 0 radical (unpaired) electrons. The van der Waals surface area contributed by atoms with Crippen LogP contribution in [0.3, 0.4) is 0 Å². The third-order valence-corrected chi connectivity index (χ3v) is 2.42. The molecule has 0 aliphatic rings. The molecule has 0 bridgehead atoms. The van der Waals surface area contributed by atoms with Gasteiger partial charge in [0, 0.05) is 0 Å². The van der Waals surface area contributed by atoms with Gasteiger partial charge in [0.25, 0.3) is 5.96 Å². The van der Waals surface area contributed by atoms with Crippen molar-refractivity contribution in [1.29, 1.82) is 5.41 Å². The van der Waals surface area contributed by atoms with E-state index in [-0.39, 0.29) is 5.96 Å². The minimum absolute atomic E-state index is 0.216. The molecular weight excluding hydrogens is 236 g/mol. The van der Waals surface area contributed by atoms with Crippen LogP contribution in [0, 0.1) is 20.7 Å². The Morgan fingerprint density at radius 3 is 1.89 bits per heavy atom. The van der Waals surface area contributed by atoms with Crippen molar-refractivity contribution in [3.63, 3.8) is 0 Å². The molecule has 0 spiro atoms. The van der Waals surface area contributed by atoms with Gasteiger partial charge in [-0.1, -0.05) is 45.4 Å². The predicted octanol–water partition coefficient (Wildman–Crippen LogP) is 1.34. The Morgan fingerprint density at radius 2 is 1.50 bits per heavy atom. The van der Waals surface area contributed by atoms with Crippen molar-refractivity contribution in [2.45, 2.75) is 58.3 Å². The van der Waals surface area contributed by atoms with Crippen LogP contribution in [0.15, 0.2) is 0 Å². The fourth-order valence-corrected chi connectivity index (χ4v) is 1.54. The second kappa shape index (κ2) is 15.6. The molecule has 0 aromatic carbocycles. The van der Waals surface area contributed by atoms with E-state index in [0.29, 0.717) is 0 Å². The Labute approximate surface area is 108 Å². The summed E-state index contributed by atoms with van der Waals surface area (Å²) < 4.78 is 0. The van der Waals surface area contributed by atoms with Crippen LogP contribution in [0.1, 0.15) is 58.3 Å². The van der Waals surface area contributed by atoms with Crippen LogP contribution in [0.4, 0.5) is 0 Å². The number of hydrogen-bond donors (Lipinski definition) is 3. The van der Waals surface area contributed by atoms with Crippen LogP contribution < -0.4 is 11.1 Å². The van der Waals surface area contributed by atoms with Gasteiger partial charge in [0.05, 0.1) is 11.6 Å². The summed E-state index contributed by atoms with van der Waals surface area (Å²) in [5, 5.41) is 23.6. The largest absolute Gasteiger partial charge is 0.356 e. The first kappa shape index (κ1) is 19.0. The van der Waals surface area contributed by atoms with Gasteiger partial charge in [-0.15, -0.1) is 0 Å². The lowest BCUT2D eigenvalue weighted by Gasteiger charge is -2.00. The lowest BCUT2D eigenvalue weighted by molar-refractivity contribution is -0.543. The average molecular weight is 262 g/mol. The maximum absolute atomic E-state index is 8.25. The number of unbranched alkanes of at least 4 members (excludes halogenated alkanes) is 7. The fraction of sp³-hybridized carbons (Fsp3) is 0.909. The van der Waals surface area contributed by atoms with E-state index in [1.165, 1.54) is 51.4 Å². The SMILES string of the molecule is CCCCCCCCCC[NH2+]C(=N)N.O=[N+]([O-])[O-]. The number of nitrogens with two attached hydrogens (primary N) is 2. The summed E-state index contributed by atoms with van der Waals surface area (Å²) in [5.41, 5.74) is 5.22. The minimum Gasteiger partial charge on any atom is -0.356 e. The first-order valence-electron chi connectivity index (χ1n) is 6.49. The van der Waals surface area contributed by atoms with Crippen molar-refractivity contribution in [3.8, 4) is 0 Å². The highest BCUT2D eigenvalue weighted by molar-refractivity contribution is 5.63. The summed E-state index contributed by atoms with van der Waals surface area (Å²) in [6.07, 6.45) is 10.7. The molecule has 108 valence electrons. The van der Waals surface area contributed by atoms with Crippen LogP contribution in [-0.4, -0.2) is 17.6 Å². The van der Waals surface area contributed by atoms with Crippen LogP contribution in [0.25, 0.3) is 0 Å². The van der Waals surface area contributed by atoms with Gasteiger partial charge in [-0.2, -0.15) is 0 Å². The number of nitrogens with one attached hydrogen (secondary N) is 1. The van der Waals surface area contributed by atoms with Crippen molar-refractivity contribution in [2.24, 2.45) is 5.73 Å². The Morgan fingerprint density at radius 1 is 1.11 bits per heavy atom. The van der Waals surface area contributed by atoms with E-state index in [1.807, 2.05) is 0 Å². The minimum atomic E-state index is -1.75. The lowest BCUT2D eigenvalue weighted by atomic mass is 10.1. The lowest BCUT2D eigenvalue weighted by Crippen LogP contribution is -2.90. The van der Waals surface area contributed by atoms with E-state index in [1.54, 1.807) is 5.32 Å². The van der Waals surface area contributed by atoms with Gasteiger partial charge in [-0.25, -0.2) is 5.41 Å². The van der Waals surface area contributed by atoms with Gasteiger partial charge in [-0.3, -0.25) is 5.32 Å².